The van der Waals surface area contributed by atoms with Crippen LogP contribution in [0.1, 0.15) is 59.8 Å². The van der Waals surface area contributed by atoms with Gasteiger partial charge in [-0.1, -0.05) is 48.7 Å². The number of benzene rings is 2. The highest BCUT2D eigenvalue weighted by atomic mass is 19.1. The van der Waals surface area contributed by atoms with Gasteiger partial charge in [0.2, 0.25) is 0 Å². The lowest BCUT2D eigenvalue weighted by atomic mass is 9.78. The Morgan fingerprint density at radius 1 is 1.08 bits per heavy atom. The summed E-state index contributed by atoms with van der Waals surface area (Å²) in [6, 6.07) is 15.2. The quantitative estimate of drug-likeness (QED) is 0.337. The Morgan fingerprint density at radius 3 is 2.56 bits per heavy atom. The second-order valence-electron chi connectivity index (χ2n) is 9.77. The van der Waals surface area contributed by atoms with Crippen molar-refractivity contribution in [2.75, 3.05) is 0 Å². The van der Waals surface area contributed by atoms with E-state index in [1.165, 1.54) is 6.07 Å². The molecule has 1 saturated carbocycles. The van der Waals surface area contributed by atoms with E-state index in [-0.39, 0.29) is 18.0 Å². The van der Waals surface area contributed by atoms with E-state index in [0.717, 1.165) is 41.6 Å². The molecule has 0 spiro atoms. The third-order valence-electron chi connectivity index (χ3n) is 7.05. The van der Waals surface area contributed by atoms with E-state index in [1.54, 1.807) is 12.3 Å². The van der Waals surface area contributed by atoms with Crippen LogP contribution in [-0.2, 0) is 17.9 Å². The number of imidazole rings is 1. The zero-order valence-corrected chi connectivity index (χ0v) is 20.6. The van der Waals surface area contributed by atoms with Gasteiger partial charge in [0.1, 0.15) is 23.7 Å². The number of aliphatic carboxylic acids is 1. The Hall–Kier alpha value is -3.74. The molecule has 2 aromatic heterocycles. The van der Waals surface area contributed by atoms with Gasteiger partial charge in [-0.05, 0) is 43.9 Å². The zero-order valence-electron chi connectivity index (χ0n) is 20.6. The normalized spacial score (nSPS) is 17.9. The maximum absolute atomic E-state index is 15.3. The van der Waals surface area contributed by atoms with E-state index in [4.69, 9.17) is 9.72 Å². The number of carbonyl (C=O) groups is 1. The molecule has 1 fully saturated rings. The number of halogens is 1. The smallest absolute Gasteiger partial charge is 0.307 e. The Morgan fingerprint density at radius 2 is 1.83 bits per heavy atom. The Balaban J connectivity index is 1.57. The number of pyridine rings is 1. The Bertz CT molecular complexity index is 1380. The number of rotatable bonds is 7. The van der Waals surface area contributed by atoms with Gasteiger partial charge in [-0.2, -0.15) is 0 Å². The van der Waals surface area contributed by atoms with E-state index >= 15 is 4.39 Å². The molecule has 0 radical (unpaired) electrons. The van der Waals surface area contributed by atoms with Crippen LogP contribution in [0.2, 0.25) is 0 Å². The van der Waals surface area contributed by atoms with Crippen molar-refractivity contribution in [2.24, 2.45) is 5.92 Å². The lowest BCUT2D eigenvalue weighted by Crippen LogP contribution is -2.27. The number of aromatic nitrogens is 3. The summed E-state index contributed by atoms with van der Waals surface area (Å²) >= 11 is 0. The van der Waals surface area contributed by atoms with Gasteiger partial charge in [-0.3, -0.25) is 9.78 Å². The van der Waals surface area contributed by atoms with Crippen LogP contribution in [0.4, 0.5) is 4.39 Å². The van der Waals surface area contributed by atoms with Crippen molar-refractivity contribution >= 4 is 17.0 Å². The molecular weight excluding hydrogens is 457 g/mol. The molecule has 1 unspecified atom stereocenters. The summed E-state index contributed by atoms with van der Waals surface area (Å²) < 4.78 is 23.2. The maximum atomic E-state index is 15.3. The minimum absolute atomic E-state index is 0.216. The number of nitrogens with zero attached hydrogens (tertiary/aromatic N) is 3. The Kier molecular flexibility index (Phi) is 6.72. The minimum atomic E-state index is -0.816. The molecule has 1 aliphatic rings. The second-order valence-corrected chi connectivity index (χ2v) is 9.77. The average molecular weight is 488 g/mol. The van der Waals surface area contributed by atoms with Gasteiger partial charge in [0.25, 0.3) is 0 Å². The van der Waals surface area contributed by atoms with Crippen molar-refractivity contribution in [1.82, 2.24) is 14.5 Å². The standard InChI is InChI=1S/C29H30FN3O3/c1-18-7-10-20(11-8-18)16-33-26-14-22(36-17-21-12-9-19(2)15-31-21)13-25(30)27(26)32-28(33)23-5-3-4-6-24(23)29(34)35/h7-15,23-24H,3-6,16-17H2,1-2H3,(H,34,35)/t23-,24?/m0/s1. The van der Waals surface area contributed by atoms with Gasteiger partial charge in [0.15, 0.2) is 5.82 Å². The summed E-state index contributed by atoms with van der Waals surface area (Å²) in [5, 5.41) is 9.91. The first-order valence-electron chi connectivity index (χ1n) is 12.4. The second kappa shape index (κ2) is 10.1. The average Bonchev–Trinajstić information content (AvgIpc) is 3.23. The van der Waals surface area contributed by atoms with Crippen LogP contribution in [0.5, 0.6) is 5.75 Å². The molecule has 1 aliphatic carbocycles. The number of carboxylic acid groups (broad SMARTS) is 1. The zero-order chi connectivity index (χ0) is 25.2. The summed E-state index contributed by atoms with van der Waals surface area (Å²) in [7, 11) is 0. The molecule has 7 heteroatoms. The van der Waals surface area contributed by atoms with Crippen molar-refractivity contribution in [2.45, 2.75) is 58.6 Å². The maximum Gasteiger partial charge on any atom is 0.307 e. The Labute approximate surface area is 209 Å². The predicted octanol–water partition coefficient (Wildman–Crippen LogP) is 6.17. The van der Waals surface area contributed by atoms with Crippen LogP contribution >= 0.6 is 0 Å². The lowest BCUT2D eigenvalue weighted by molar-refractivity contribution is -0.143. The topological polar surface area (TPSA) is 77.2 Å². The van der Waals surface area contributed by atoms with E-state index in [1.807, 2.05) is 54.8 Å². The van der Waals surface area contributed by atoms with Crippen LogP contribution in [0.3, 0.4) is 0 Å². The highest BCUT2D eigenvalue weighted by molar-refractivity contribution is 5.79. The first-order valence-corrected chi connectivity index (χ1v) is 12.4. The van der Waals surface area contributed by atoms with Crippen LogP contribution in [-0.4, -0.2) is 25.6 Å². The first kappa shape index (κ1) is 24.0. The van der Waals surface area contributed by atoms with Crippen LogP contribution in [0.15, 0.2) is 54.7 Å². The highest BCUT2D eigenvalue weighted by Crippen LogP contribution is 2.40. The molecule has 0 saturated heterocycles. The number of aryl methyl sites for hydroxylation is 2. The monoisotopic (exact) mass is 487 g/mol. The molecule has 0 bridgehead atoms. The number of fused-ring (bicyclic) bond motifs is 1. The fraction of sp³-hybridized carbons (Fsp3) is 0.345. The molecular formula is C29H30FN3O3. The van der Waals surface area contributed by atoms with Crippen LogP contribution in [0, 0.1) is 25.6 Å². The summed E-state index contributed by atoms with van der Waals surface area (Å²) in [5.74, 6) is -1.07. The predicted molar refractivity (Wildman–Crippen MR) is 136 cm³/mol. The number of carboxylic acids is 1. The number of hydrogen-bond donors (Lipinski definition) is 1. The largest absolute Gasteiger partial charge is 0.487 e. The van der Waals surface area contributed by atoms with E-state index in [2.05, 4.69) is 4.98 Å². The molecule has 6 nitrogen and oxygen atoms in total. The molecule has 5 rings (SSSR count). The van der Waals surface area contributed by atoms with Crippen LogP contribution in [0.25, 0.3) is 11.0 Å². The summed E-state index contributed by atoms with van der Waals surface area (Å²) in [6.07, 6.45) is 4.91. The van der Waals surface area contributed by atoms with Gasteiger partial charge < -0.3 is 14.4 Å². The third-order valence-corrected chi connectivity index (χ3v) is 7.05. The lowest BCUT2D eigenvalue weighted by Gasteiger charge is -2.28. The van der Waals surface area contributed by atoms with Gasteiger partial charge in [0.05, 0.1) is 17.1 Å². The molecule has 36 heavy (non-hydrogen) atoms. The van der Waals surface area contributed by atoms with Crippen molar-refractivity contribution in [3.63, 3.8) is 0 Å². The van der Waals surface area contributed by atoms with Crippen LogP contribution < -0.4 is 4.74 Å². The van der Waals surface area contributed by atoms with Crippen molar-refractivity contribution in [3.8, 4) is 5.75 Å². The minimum Gasteiger partial charge on any atom is -0.487 e. The van der Waals surface area contributed by atoms with Gasteiger partial charge in [-0.15, -0.1) is 0 Å². The van der Waals surface area contributed by atoms with Gasteiger partial charge >= 0.3 is 5.97 Å². The fourth-order valence-electron chi connectivity index (χ4n) is 5.06. The molecule has 0 amide bonds. The molecule has 0 aliphatic heterocycles. The number of ether oxygens (including phenoxy) is 1. The molecule has 186 valence electrons. The molecule has 2 heterocycles. The van der Waals surface area contributed by atoms with E-state index in [0.29, 0.717) is 30.1 Å². The molecule has 2 atom stereocenters. The molecule has 2 aromatic carbocycles. The number of hydrogen-bond acceptors (Lipinski definition) is 4. The summed E-state index contributed by atoms with van der Waals surface area (Å²) in [6.45, 7) is 4.68. The summed E-state index contributed by atoms with van der Waals surface area (Å²) in [4.78, 5) is 21.2. The van der Waals surface area contributed by atoms with Crippen molar-refractivity contribution < 1.29 is 19.0 Å². The third kappa shape index (κ3) is 4.96. The van der Waals surface area contributed by atoms with Crippen molar-refractivity contribution in [3.05, 3.63) is 88.8 Å². The van der Waals surface area contributed by atoms with Gasteiger partial charge in [0, 0.05) is 30.8 Å². The first-order chi connectivity index (χ1) is 17.4. The van der Waals surface area contributed by atoms with E-state index < -0.39 is 17.7 Å². The molecule has 4 aromatic rings. The van der Waals surface area contributed by atoms with Gasteiger partial charge in [-0.25, -0.2) is 9.37 Å². The summed E-state index contributed by atoms with van der Waals surface area (Å²) in [5.41, 5.74) is 4.85. The van der Waals surface area contributed by atoms with E-state index in [9.17, 15) is 9.90 Å². The van der Waals surface area contributed by atoms with Crippen molar-refractivity contribution in [1.29, 1.82) is 0 Å². The molecule has 1 N–H and O–H groups in total. The highest BCUT2D eigenvalue weighted by Gasteiger charge is 2.35. The fourth-order valence-corrected chi connectivity index (χ4v) is 5.06. The SMILES string of the molecule is Cc1ccc(Cn2c([C@H]3CCCCC3C(=O)O)nc3c(F)cc(OCc4ccc(C)cn4)cc32)cc1.